The first-order valence-corrected chi connectivity index (χ1v) is 11.9. The van der Waals surface area contributed by atoms with Crippen LogP contribution in [0.3, 0.4) is 0 Å². The topological polar surface area (TPSA) is 98.1 Å². The van der Waals surface area contributed by atoms with Gasteiger partial charge in [0.05, 0.1) is 24.6 Å². The summed E-state index contributed by atoms with van der Waals surface area (Å²) in [4.78, 5) is 25.2. The van der Waals surface area contributed by atoms with Gasteiger partial charge < -0.3 is 19.9 Å². The Balaban J connectivity index is 1.68. The number of nitrogens with one attached hydrogen (secondary N) is 2. The van der Waals surface area contributed by atoms with Crippen molar-refractivity contribution < 1.29 is 14.3 Å². The maximum absolute atomic E-state index is 12.7. The highest BCUT2D eigenvalue weighted by atomic mass is 35.5. The molecule has 0 aliphatic heterocycles. The average molecular weight is 500 g/mol. The van der Waals surface area contributed by atoms with E-state index >= 15 is 0 Å². The molecule has 1 aromatic heterocycles. The summed E-state index contributed by atoms with van der Waals surface area (Å²) < 4.78 is 7.09. The van der Waals surface area contributed by atoms with E-state index in [4.69, 9.17) is 16.3 Å². The molecule has 1 atom stereocenters. The molecule has 3 aromatic rings. The van der Waals surface area contributed by atoms with Crippen LogP contribution in [0.5, 0.6) is 5.75 Å². The van der Waals surface area contributed by atoms with Gasteiger partial charge in [0, 0.05) is 17.1 Å². The van der Waals surface area contributed by atoms with Crippen LogP contribution in [0.1, 0.15) is 34.7 Å². The lowest BCUT2D eigenvalue weighted by molar-refractivity contribution is -0.113. The minimum atomic E-state index is -0.403. The molecule has 0 bridgehead atoms. The molecule has 0 radical (unpaired) electrons. The zero-order valence-corrected chi connectivity index (χ0v) is 20.7. The van der Waals surface area contributed by atoms with Crippen molar-refractivity contribution in [1.82, 2.24) is 20.1 Å². The summed E-state index contributed by atoms with van der Waals surface area (Å²) in [7, 11) is 1.52. The van der Waals surface area contributed by atoms with Gasteiger partial charge in [-0.15, -0.1) is 16.8 Å². The number of aryl methyl sites for hydroxylation is 1. The number of carbonyl (C=O) groups is 2. The lowest BCUT2D eigenvalue weighted by Gasteiger charge is -2.15. The summed E-state index contributed by atoms with van der Waals surface area (Å²) in [5.41, 5.74) is 2.06. The summed E-state index contributed by atoms with van der Waals surface area (Å²) in [5.74, 6) is 0.724. The number of hydrogen-bond donors (Lipinski definition) is 2. The second-order valence-corrected chi connectivity index (χ2v) is 8.87. The fourth-order valence-corrected chi connectivity index (χ4v) is 4.18. The normalized spacial score (nSPS) is 11.5. The van der Waals surface area contributed by atoms with Gasteiger partial charge in [-0.05, 0) is 44.2 Å². The molecular weight excluding hydrogens is 474 g/mol. The second-order valence-electron chi connectivity index (χ2n) is 7.49. The van der Waals surface area contributed by atoms with Crippen LogP contribution in [0.4, 0.5) is 5.69 Å². The van der Waals surface area contributed by atoms with Crippen molar-refractivity contribution in [3.8, 4) is 5.75 Å². The molecule has 2 aromatic carbocycles. The van der Waals surface area contributed by atoms with E-state index in [1.807, 2.05) is 36.6 Å². The number of carbonyl (C=O) groups excluding carboxylic acids is 2. The Kier molecular flexibility index (Phi) is 8.72. The van der Waals surface area contributed by atoms with Crippen molar-refractivity contribution in [2.45, 2.75) is 31.6 Å². The molecule has 3 rings (SSSR count). The molecule has 178 valence electrons. The second kappa shape index (κ2) is 11.7. The van der Waals surface area contributed by atoms with E-state index in [-0.39, 0.29) is 17.6 Å². The van der Waals surface area contributed by atoms with Crippen LogP contribution in [-0.2, 0) is 11.3 Å². The maximum Gasteiger partial charge on any atom is 0.251 e. The van der Waals surface area contributed by atoms with Gasteiger partial charge in [-0.2, -0.15) is 0 Å². The smallest absolute Gasteiger partial charge is 0.251 e. The highest BCUT2D eigenvalue weighted by Gasteiger charge is 2.21. The summed E-state index contributed by atoms with van der Waals surface area (Å²) in [6.45, 7) is 8.00. The number of hydrogen-bond acceptors (Lipinski definition) is 6. The molecule has 10 heteroatoms. The molecule has 0 aliphatic carbocycles. The number of rotatable bonds is 10. The van der Waals surface area contributed by atoms with E-state index in [2.05, 4.69) is 27.4 Å². The van der Waals surface area contributed by atoms with Gasteiger partial charge in [-0.25, -0.2) is 0 Å². The van der Waals surface area contributed by atoms with Crippen LogP contribution in [-0.4, -0.2) is 39.4 Å². The first-order chi connectivity index (χ1) is 16.3. The predicted molar refractivity (Wildman–Crippen MR) is 135 cm³/mol. The number of allylic oxidation sites excluding steroid dienone is 1. The predicted octanol–water partition coefficient (Wildman–Crippen LogP) is 4.66. The SMILES string of the molecule is C=CCn1c(SCC(=O)Nc2cc(Cl)ccc2OC)nnc1[C@@H](C)NC(=O)c1cccc(C)c1. The Morgan fingerprint density at radius 2 is 2.06 bits per heavy atom. The summed E-state index contributed by atoms with van der Waals surface area (Å²) in [6.07, 6.45) is 1.71. The van der Waals surface area contributed by atoms with E-state index < -0.39 is 6.04 Å². The van der Waals surface area contributed by atoms with Gasteiger partial charge in [-0.1, -0.05) is 47.1 Å². The first-order valence-electron chi connectivity index (χ1n) is 10.5. The number of thioether (sulfide) groups is 1. The Labute approximate surface area is 207 Å². The van der Waals surface area contributed by atoms with Crippen molar-refractivity contribution in [2.75, 3.05) is 18.2 Å². The van der Waals surface area contributed by atoms with Crippen LogP contribution < -0.4 is 15.4 Å². The average Bonchev–Trinajstić information content (AvgIpc) is 3.21. The van der Waals surface area contributed by atoms with Crippen LogP contribution in [0.25, 0.3) is 0 Å². The van der Waals surface area contributed by atoms with Gasteiger partial charge in [0.15, 0.2) is 11.0 Å². The van der Waals surface area contributed by atoms with E-state index in [1.165, 1.54) is 18.9 Å². The van der Waals surface area contributed by atoms with E-state index in [0.29, 0.717) is 39.5 Å². The summed E-state index contributed by atoms with van der Waals surface area (Å²) >= 11 is 7.26. The zero-order valence-electron chi connectivity index (χ0n) is 19.2. The molecule has 2 amide bonds. The minimum absolute atomic E-state index is 0.0922. The third-order valence-corrected chi connectivity index (χ3v) is 6.04. The van der Waals surface area contributed by atoms with Gasteiger partial charge in [-0.3, -0.25) is 9.59 Å². The van der Waals surface area contributed by atoms with E-state index in [9.17, 15) is 9.59 Å². The lowest BCUT2D eigenvalue weighted by Crippen LogP contribution is -2.29. The Morgan fingerprint density at radius 1 is 1.26 bits per heavy atom. The summed E-state index contributed by atoms with van der Waals surface area (Å²) in [6, 6.07) is 12.0. The lowest BCUT2D eigenvalue weighted by atomic mass is 10.1. The molecule has 0 spiro atoms. The standard InChI is InChI=1S/C24H26ClN5O3S/c1-5-11-30-22(16(3)26-23(32)17-8-6-7-15(2)12-17)28-29-24(30)34-14-21(31)27-19-13-18(25)9-10-20(19)33-4/h5-10,12-13,16H,1,11,14H2,2-4H3,(H,26,32)(H,27,31)/t16-/m1/s1. The molecule has 0 saturated heterocycles. The third-order valence-electron chi connectivity index (χ3n) is 4.84. The molecule has 0 unspecified atom stereocenters. The molecule has 34 heavy (non-hydrogen) atoms. The molecule has 2 N–H and O–H groups in total. The van der Waals surface area contributed by atoms with E-state index in [0.717, 1.165) is 5.56 Å². The number of aromatic nitrogens is 3. The zero-order chi connectivity index (χ0) is 24.7. The molecule has 8 nitrogen and oxygen atoms in total. The van der Waals surface area contributed by atoms with Crippen LogP contribution in [0, 0.1) is 6.92 Å². The van der Waals surface area contributed by atoms with Gasteiger partial charge in [0.25, 0.3) is 5.91 Å². The number of halogens is 1. The van der Waals surface area contributed by atoms with Crippen molar-refractivity contribution >= 4 is 40.9 Å². The van der Waals surface area contributed by atoms with Crippen molar-refractivity contribution in [3.63, 3.8) is 0 Å². The first kappa shape index (κ1) is 25.3. The number of methoxy groups -OCH3 is 1. The Bertz CT molecular complexity index is 1200. The number of benzene rings is 2. The fraction of sp³-hybridized carbons (Fsp3) is 0.250. The number of ether oxygens (including phenoxy) is 1. The number of anilines is 1. The Morgan fingerprint density at radius 3 is 2.76 bits per heavy atom. The minimum Gasteiger partial charge on any atom is -0.495 e. The molecule has 0 saturated carbocycles. The van der Waals surface area contributed by atoms with Gasteiger partial charge >= 0.3 is 0 Å². The molecule has 0 fully saturated rings. The molecule has 1 heterocycles. The van der Waals surface area contributed by atoms with Crippen LogP contribution in [0.2, 0.25) is 5.02 Å². The monoisotopic (exact) mass is 499 g/mol. The van der Waals surface area contributed by atoms with Gasteiger partial charge in [0.2, 0.25) is 5.91 Å². The fourth-order valence-electron chi connectivity index (χ4n) is 3.25. The van der Waals surface area contributed by atoms with Crippen LogP contribution in [0.15, 0.2) is 60.3 Å². The quantitative estimate of drug-likeness (QED) is 0.311. The van der Waals surface area contributed by atoms with Crippen molar-refractivity contribution in [2.24, 2.45) is 0 Å². The largest absolute Gasteiger partial charge is 0.495 e. The van der Waals surface area contributed by atoms with E-state index in [1.54, 1.807) is 30.3 Å². The number of nitrogens with zero attached hydrogens (tertiary/aromatic N) is 3. The third kappa shape index (κ3) is 6.39. The number of amides is 2. The highest BCUT2D eigenvalue weighted by Crippen LogP contribution is 2.28. The van der Waals surface area contributed by atoms with Crippen molar-refractivity contribution in [1.29, 1.82) is 0 Å². The van der Waals surface area contributed by atoms with Gasteiger partial charge in [0.1, 0.15) is 5.75 Å². The van der Waals surface area contributed by atoms with Crippen LogP contribution >= 0.6 is 23.4 Å². The molecule has 0 aliphatic rings. The maximum atomic E-state index is 12.7. The van der Waals surface area contributed by atoms with Crippen molar-refractivity contribution in [3.05, 3.63) is 77.1 Å². The Hall–Kier alpha value is -3.30. The highest BCUT2D eigenvalue weighted by molar-refractivity contribution is 7.99. The summed E-state index contributed by atoms with van der Waals surface area (Å²) in [5, 5.41) is 15.3. The molecular formula is C24H26ClN5O3S.